The van der Waals surface area contributed by atoms with Crippen molar-refractivity contribution in [2.24, 2.45) is 0 Å². The predicted octanol–water partition coefficient (Wildman–Crippen LogP) is 4.24. The van der Waals surface area contributed by atoms with E-state index in [0.29, 0.717) is 37.4 Å². The molecular formula is C24H40N2O4. The number of carbonyl (C=O) groups is 2. The highest BCUT2D eigenvalue weighted by Crippen LogP contribution is 2.09. The van der Waals surface area contributed by atoms with Gasteiger partial charge in [-0.1, -0.05) is 45.6 Å². The number of esters is 2. The first-order valence-corrected chi connectivity index (χ1v) is 11.3. The number of ether oxygens (including phenoxy) is 2. The lowest BCUT2D eigenvalue weighted by Gasteiger charge is -2.16. The molecule has 0 aliphatic carbocycles. The summed E-state index contributed by atoms with van der Waals surface area (Å²) in [6, 6.07) is 6.54. The topological polar surface area (TPSA) is 59.1 Å². The molecule has 170 valence electrons. The fourth-order valence-electron chi connectivity index (χ4n) is 3.02. The van der Waals surface area contributed by atoms with Crippen LogP contribution in [-0.2, 0) is 9.47 Å². The number of nitrogens with zero attached hydrogens (tertiary/aromatic N) is 2. The molecule has 0 bridgehead atoms. The molecule has 0 radical (unpaired) electrons. The lowest BCUT2D eigenvalue weighted by molar-refractivity contribution is 0.0471. The maximum absolute atomic E-state index is 12.3. The third-order valence-corrected chi connectivity index (χ3v) is 5.03. The van der Waals surface area contributed by atoms with E-state index in [9.17, 15) is 9.59 Å². The molecule has 0 aliphatic heterocycles. The van der Waals surface area contributed by atoms with Crippen molar-refractivity contribution >= 4 is 11.9 Å². The van der Waals surface area contributed by atoms with E-state index in [1.54, 1.807) is 24.3 Å². The maximum Gasteiger partial charge on any atom is 0.338 e. The summed E-state index contributed by atoms with van der Waals surface area (Å²) in [4.78, 5) is 28.9. The molecule has 6 heteroatoms. The molecule has 0 unspecified atom stereocenters. The van der Waals surface area contributed by atoms with Crippen LogP contribution in [0.4, 0.5) is 0 Å². The Bertz CT molecular complexity index is 572. The van der Waals surface area contributed by atoms with E-state index < -0.39 is 11.9 Å². The van der Waals surface area contributed by atoms with Crippen molar-refractivity contribution in [1.29, 1.82) is 0 Å². The minimum atomic E-state index is -0.415. The second-order valence-electron chi connectivity index (χ2n) is 7.87. The Balaban J connectivity index is 2.38. The third-order valence-electron chi connectivity index (χ3n) is 5.03. The first-order valence-electron chi connectivity index (χ1n) is 11.3. The van der Waals surface area contributed by atoms with E-state index in [4.69, 9.17) is 9.47 Å². The van der Waals surface area contributed by atoms with Gasteiger partial charge in [0.2, 0.25) is 0 Å². The van der Waals surface area contributed by atoms with Crippen LogP contribution in [-0.4, -0.2) is 75.2 Å². The molecule has 0 fully saturated rings. The molecule has 0 atom stereocenters. The summed E-state index contributed by atoms with van der Waals surface area (Å²) in [7, 11) is 4.06. The first-order chi connectivity index (χ1) is 14.5. The quantitative estimate of drug-likeness (QED) is 0.294. The highest BCUT2D eigenvalue weighted by Gasteiger charge is 2.13. The molecule has 0 N–H and O–H groups in total. The van der Waals surface area contributed by atoms with Gasteiger partial charge in [0.1, 0.15) is 13.2 Å². The molecule has 6 nitrogen and oxygen atoms in total. The van der Waals surface area contributed by atoms with Crippen molar-refractivity contribution in [2.45, 2.75) is 52.4 Å². The van der Waals surface area contributed by atoms with Crippen LogP contribution >= 0.6 is 0 Å². The molecule has 0 saturated heterocycles. The molecule has 0 aromatic heterocycles. The van der Waals surface area contributed by atoms with E-state index in [2.05, 4.69) is 23.6 Å². The number of hydrogen-bond acceptors (Lipinski definition) is 6. The largest absolute Gasteiger partial charge is 0.461 e. The Labute approximate surface area is 182 Å². The highest BCUT2D eigenvalue weighted by molar-refractivity contribution is 5.95. The van der Waals surface area contributed by atoms with Gasteiger partial charge in [-0.3, -0.25) is 0 Å². The summed E-state index contributed by atoms with van der Waals surface area (Å²) in [6.07, 6.45) is 7.11. The number of unbranched alkanes of at least 4 members (excludes halogenated alkanes) is 4. The van der Waals surface area contributed by atoms with Gasteiger partial charge in [-0.15, -0.1) is 0 Å². The van der Waals surface area contributed by atoms with Crippen LogP contribution in [0.15, 0.2) is 24.3 Å². The van der Waals surface area contributed by atoms with E-state index in [1.807, 2.05) is 14.1 Å². The standard InChI is InChI=1S/C24H40N2O4/c1-5-7-9-14-25(3)16-18-29-23(27)21-12-11-13-22(20-21)24(28)30-19-17-26(4)15-10-8-6-2/h11-13,20H,5-10,14-19H2,1-4H3. The molecular weight excluding hydrogens is 380 g/mol. The van der Waals surface area contributed by atoms with Gasteiger partial charge < -0.3 is 19.3 Å². The average Bonchev–Trinajstić information content (AvgIpc) is 2.74. The second-order valence-corrected chi connectivity index (χ2v) is 7.87. The minimum absolute atomic E-state index is 0.334. The molecule has 0 amide bonds. The van der Waals surface area contributed by atoms with Gasteiger partial charge in [0.25, 0.3) is 0 Å². The lowest BCUT2D eigenvalue weighted by atomic mass is 10.1. The number of rotatable bonds is 16. The van der Waals surface area contributed by atoms with Gasteiger partial charge in [-0.25, -0.2) is 9.59 Å². The van der Waals surface area contributed by atoms with Gasteiger partial charge in [-0.05, 0) is 58.2 Å². The Morgan fingerprint density at radius 3 is 1.57 bits per heavy atom. The first kappa shape index (κ1) is 26.1. The molecule has 0 heterocycles. The molecule has 0 aliphatic rings. The number of benzene rings is 1. The van der Waals surface area contributed by atoms with Gasteiger partial charge >= 0.3 is 11.9 Å². The van der Waals surface area contributed by atoms with E-state index in [1.165, 1.54) is 25.7 Å². The highest BCUT2D eigenvalue weighted by atomic mass is 16.5. The van der Waals surface area contributed by atoms with Crippen LogP contribution in [0, 0.1) is 0 Å². The van der Waals surface area contributed by atoms with E-state index in [0.717, 1.165) is 25.9 Å². The molecule has 30 heavy (non-hydrogen) atoms. The molecule has 1 rings (SSSR count). The minimum Gasteiger partial charge on any atom is -0.461 e. The second kappa shape index (κ2) is 15.9. The summed E-state index contributed by atoms with van der Waals surface area (Å²) in [5, 5.41) is 0. The predicted molar refractivity (Wildman–Crippen MR) is 121 cm³/mol. The van der Waals surface area contributed by atoms with Crippen LogP contribution in [0.1, 0.15) is 73.1 Å². The zero-order valence-electron chi connectivity index (χ0n) is 19.3. The van der Waals surface area contributed by atoms with Gasteiger partial charge in [-0.2, -0.15) is 0 Å². The SMILES string of the molecule is CCCCCN(C)CCOC(=O)c1cccc(C(=O)OCCN(C)CCCCC)c1. The van der Waals surface area contributed by atoms with Gasteiger partial charge in [0.15, 0.2) is 0 Å². The maximum atomic E-state index is 12.3. The van der Waals surface area contributed by atoms with Crippen LogP contribution in [0.5, 0.6) is 0 Å². The lowest BCUT2D eigenvalue weighted by Crippen LogP contribution is -2.25. The summed E-state index contributed by atoms with van der Waals surface area (Å²) in [6.45, 7) is 8.42. The normalized spacial score (nSPS) is 11.1. The smallest absolute Gasteiger partial charge is 0.338 e. The summed E-state index contributed by atoms with van der Waals surface area (Å²) in [5.74, 6) is -0.829. The fraction of sp³-hybridized carbons (Fsp3) is 0.667. The van der Waals surface area contributed by atoms with Gasteiger partial charge in [0.05, 0.1) is 11.1 Å². The van der Waals surface area contributed by atoms with Crippen molar-refractivity contribution in [1.82, 2.24) is 9.80 Å². The van der Waals surface area contributed by atoms with Crippen LogP contribution in [0.3, 0.4) is 0 Å². The van der Waals surface area contributed by atoms with Crippen molar-refractivity contribution in [2.75, 3.05) is 53.5 Å². The van der Waals surface area contributed by atoms with Crippen LogP contribution in [0.25, 0.3) is 0 Å². The van der Waals surface area contributed by atoms with Gasteiger partial charge in [0, 0.05) is 13.1 Å². The monoisotopic (exact) mass is 420 g/mol. The summed E-state index contributed by atoms with van der Waals surface area (Å²) >= 11 is 0. The molecule has 1 aromatic rings. The van der Waals surface area contributed by atoms with Crippen LogP contribution < -0.4 is 0 Å². The number of carbonyl (C=O) groups excluding carboxylic acids is 2. The molecule has 0 spiro atoms. The van der Waals surface area contributed by atoms with Crippen molar-refractivity contribution in [3.8, 4) is 0 Å². The van der Waals surface area contributed by atoms with Crippen molar-refractivity contribution in [3.05, 3.63) is 35.4 Å². The fourth-order valence-corrected chi connectivity index (χ4v) is 3.02. The molecule has 0 saturated carbocycles. The Kier molecular flexibility index (Phi) is 13.8. The zero-order chi connectivity index (χ0) is 22.2. The summed E-state index contributed by atoms with van der Waals surface area (Å²) in [5.41, 5.74) is 0.740. The Hall–Kier alpha value is -1.92. The van der Waals surface area contributed by atoms with Crippen molar-refractivity contribution < 1.29 is 19.1 Å². The van der Waals surface area contributed by atoms with Crippen molar-refractivity contribution in [3.63, 3.8) is 0 Å². The van der Waals surface area contributed by atoms with E-state index >= 15 is 0 Å². The zero-order valence-corrected chi connectivity index (χ0v) is 19.3. The number of hydrogen-bond donors (Lipinski definition) is 0. The molecule has 1 aromatic carbocycles. The average molecular weight is 421 g/mol. The Morgan fingerprint density at radius 2 is 1.17 bits per heavy atom. The number of likely N-dealkylation sites (N-methyl/N-ethyl adjacent to an activating group) is 2. The summed E-state index contributed by atoms with van der Waals surface area (Å²) < 4.78 is 10.7. The van der Waals surface area contributed by atoms with E-state index in [-0.39, 0.29) is 0 Å². The third kappa shape index (κ3) is 11.3. The Morgan fingerprint density at radius 1 is 0.733 bits per heavy atom. The van der Waals surface area contributed by atoms with Crippen LogP contribution in [0.2, 0.25) is 0 Å².